The van der Waals surface area contributed by atoms with Crippen LogP contribution in [0.4, 0.5) is 0 Å². The molecule has 3 nitrogen and oxygen atoms in total. The Morgan fingerprint density at radius 1 is 1.11 bits per heavy atom. The predicted octanol–water partition coefficient (Wildman–Crippen LogP) is 1.51. The van der Waals surface area contributed by atoms with Gasteiger partial charge in [-0.2, -0.15) is 0 Å². The molecule has 1 atom stereocenters. The lowest BCUT2D eigenvalue weighted by molar-refractivity contribution is 0.0644. The van der Waals surface area contributed by atoms with E-state index in [2.05, 4.69) is 17.4 Å². The van der Waals surface area contributed by atoms with Crippen LogP contribution >= 0.6 is 0 Å². The van der Waals surface area contributed by atoms with E-state index in [4.69, 9.17) is 0 Å². The third-order valence-electron chi connectivity index (χ3n) is 4.17. The molecule has 0 bridgehead atoms. The monoisotopic (exact) mass is 249 g/mol. The molecule has 1 heterocycles. The van der Waals surface area contributed by atoms with Crippen molar-refractivity contribution >= 4 is 0 Å². The molecule has 3 heteroatoms. The van der Waals surface area contributed by atoms with Gasteiger partial charge in [0.05, 0.1) is 0 Å². The summed E-state index contributed by atoms with van der Waals surface area (Å²) in [5.74, 6) is 0.136. The van der Waals surface area contributed by atoms with Crippen LogP contribution in [0.25, 0.3) is 0 Å². The Balaban J connectivity index is 2.09. The maximum atomic E-state index is 9.72. The van der Waals surface area contributed by atoms with Crippen molar-refractivity contribution in [3.63, 3.8) is 0 Å². The fourth-order valence-corrected chi connectivity index (χ4v) is 2.92. The summed E-state index contributed by atoms with van der Waals surface area (Å²) in [6, 6.07) is 10.1. The maximum absolute atomic E-state index is 9.72. The molecule has 0 spiro atoms. The van der Waals surface area contributed by atoms with E-state index in [0.717, 1.165) is 32.4 Å². The zero-order valence-corrected chi connectivity index (χ0v) is 10.8. The minimum Gasteiger partial charge on any atom is -0.396 e. The molecule has 0 aromatic heterocycles. The van der Waals surface area contributed by atoms with Gasteiger partial charge in [-0.15, -0.1) is 0 Å². The molecule has 1 fully saturated rings. The molecule has 18 heavy (non-hydrogen) atoms. The van der Waals surface area contributed by atoms with Crippen molar-refractivity contribution in [3.05, 3.63) is 35.9 Å². The van der Waals surface area contributed by atoms with Crippen LogP contribution in [0.3, 0.4) is 0 Å². The Kier molecular flexibility index (Phi) is 4.75. The van der Waals surface area contributed by atoms with Crippen LogP contribution in [0.15, 0.2) is 30.3 Å². The number of aliphatic hydroxyl groups is 2. The Morgan fingerprint density at radius 3 is 2.33 bits per heavy atom. The maximum Gasteiger partial charge on any atom is 0.0499 e. The average molecular weight is 249 g/mol. The van der Waals surface area contributed by atoms with Crippen molar-refractivity contribution in [3.8, 4) is 0 Å². The summed E-state index contributed by atoms with van der Waals surface area (Å²) in [6.07, 6.45) is 2.85. The lowest BCUT2D eigenvalue weighted by Crippen LogP contribution is -2.40. The molecule has 0 saturated carbocycles. The summed E-state index contributed by atoms with van der Waals surface area (Å²) >= 11 is 0. The van der Waals surface area contributed by atoms with E-state index in [1.165, 1.54) is 5.56 Å². The topological polar surface area (TPSA) is 52.5 Å². The molecule has 0 radical (unpaired) electrons. The fraction of sp³-hybridized carbons (Fsp3) is 0.600. The SMILES string of the molecule is OC[C@@H](CC1(CO)CCNCC1)c1ccccc1. The van der Waals surface area contributed by atoms with Crippen LogP contribution in [0, 0.1) is 5.41 Å². The Morgan fingerprint density at radius 2 is 1.78 bits per heavy atom. The zero-order valence-electron chi connectivity index (χ0n) is 10.8. The van der Waals surface area contributed by atoms with Gasteiger partial charge in [-0.05, 0) is 43.3 Å². The largest absolute Gasteiger partial charge is 0.396 e. The van der Waals surface area contributed by atoms with Gasteiger partial charge in [-0.1, -0.05) is 30.3 Å². The van der Waals surface area contributed by atoms with Crippen LogP contribution in [-0.4, -0.2) is 36.5 Å². The highest BCUT2D eigenvalue weighted by molar-refractivity contribution is 5.20. The summed E-state index contributed by atoms with van der Waals surface area (Å²) in [4.78, 5) is 0. The van der Waals surface area contributed by atoms with Crippen molar-refractivity contribution < 1.29 is 10.2 Å². The average Bonchev–Trinajstić information content (AvgIpc) is 2.47. The van der Waals surface area contributed by atoms with Crippen molar-refractivity contribution in [1.29, 1.82) is 0 Å². The Bertz CT molecular complexity index is 347. The molecular formula is C15H23NO2. The van der Waals surface area contributed by atoms with E-state index in [9.17, 15) is 10.2 Å². The Hall–Kier alpha value is -0.900. The van der Waals surface area contributed by atoms with Gasteiger partial charge in [0.25, 0.3) is 0 Å². The van der Waals surface area contributed by atoms with Gasteiger partial charge < -0.3 is 15.5 Å². The van der Waals surface area contributed by atoms with Crippen molar-refractivity contribution in [1.82, 2.24) is 5.32 Å². The number of rotatable bonds is 5. The summed E-state index contributed by atoms with van der Waals surface area (Å²) in [7, 11) is 0. The lowest BCUT2D eigenvalue weighted by atomic mass is 9.72. The first kappa shape index (κ1) is 13.5. The predicted molar refractivity (Wildman–Crippen MR) is 72.5 cm³/mol. The fourth-order valence-electron chi connectivity index (χ4n) is 2.92. The third kappa shape index (κ3) is 3.10. The van der Waals surface area contributed by atoms with E-state index < -0.39 is 0 Å². The lowest BCUT2D eigenvalue weighted by Gasteiger charge is -2.38. The number of hydrogen-bond acceptors (Lipinski definition) is 3. The molecule has 100 valence electrons. The Labute approximate surface area is 109 Å². The molecular weight excluding hydrogens is 226 g/mol. The first-order chi connectivity index (χ1) is 8.79. The second kappa shape index (κ2) is 6.32. The minimum absolute atomic E-state index is 0.0194. The van der Waals surface area contributed by atoms with Crippen molar-refractivity contribution in [2.45, 2.75) is 25.2 Å². The summed E-state index contributed by atoms with van der Waals surface area (Å²) in [5.41, 5.74) is 1.15. The highest BCUT2D eigenvalue weighted by atomic mass is 16.3. The van der Waals surface area contributed by atoms with Gasteiger partial charge in [0.15, 0.2) is 0 Å². The molecule has 3 N–H and O–H groups in total. The highest BCUT2D eigenvalue weighted by Crippen LogP contribution is 2.38. The molecule has 1 aliphatic rings. The van der Waals surface area contributed by atoms with E-state index in [0.29, 0.717) is 0 Å². The number of nitrogens with one attached hydrogen (secondary N) is 1. The quantitative estimate of drug-likeness (QED) is 0.741. The summed E-state index contributed by atoms with van der Waals surface area (Å²) < 4.78 is 0. The molecule has 1 saturated heterocycles. The first-order valence-electron chi connectivity index (χ1n) is 6.77. The van der Waals surface area contributed by atoms with E-state index in [1.54, 1.807) is 0 Å². The molecule has 1 aromatic carbocycles. The van der Waals surface area contributed by atoms with Gasteiger partial charge in [0, 0.05) is 19.1 Å². The molecule has 1 aromatic rings. The second-order valence-corrected chi connectivity index (χ2v) is 5.40. The van der Waals surface area contributed by atoms with Gasteiger partial charge in [0.1, 0.15) is 0 Å². The molecule has 0 unspecified atom stereocenters. The number of benzene rings is 1. The van der Waals surface area contributed by atoms with Crippen LogP contribution < -0.4 is 5.32 Å². The molecule has 1 aliphatic heterocycles. The zero-order chi connectivity index (χ0) is 12.8. The second-order valence-electron chi connectivity index (χ2n) is 5.40. The van der Waals surface area contributed by atoms with Crippen LogP contribution in [0.1, 0.15) is 30.7 Å². The standard InChI is InChI=1S/C15H23NO2/c17-11-14(13-4-2-1-3-5-13)10-15(12-18)6-8-16-9-7-15/h1-5,14,16-18H,6-12H2/t14-/m1/s1. The smallest absolute Gasteiger partial charge is 0.0499 e. The number of aliphatic hydroxyl groups excluding tert-OH is 2. The van der Waals surface area contributed by atoms with E-state index >= 15 is 0 Å². The number of hydrogen-bond donors (Lipinski definition) is 3. The van der Waals surface area contributed by atoms with Crippen molar-refractivity contribution in [2.75, 3.05) is 26.3 Å². The van der Waals surface area contributed by atoms with E-state index in [1.807, 2.05) is 18.2 Å². The molecule has 2 rings (SSSR count). The first-order valence-corrected chi connectivity index (χ1v) is 6.77. The van der Waals surface area contributed by atoms with Crippen molar-refractivity contribution in [2.24, 2.45) is 5.41 Å². The van der Waals surface area contributed by atoms with Crippen LogP contribution in [0.2, 0.25) is 0 Å². The number of piperidine rings is 1. The highest BCUT2D eigenvalue weighted by Gasteiger charge is 2.34. The van der Waals surface area contributed by atoms with Gasteiger partial charge in [-0.3, -0.25) is 0 Å². The van der Waals surface area contributed by atoms with Crippen LogP contribution in [-0.2, 0) is 0 Å². The third-order valence-corrected chi connectivity index (χ3v) is 4.17. The summed E-state index contributed by atoms with van der Waals surface area (Å²) in [6.45, 7) is 2.30. The van der Waals surface area contributed by atoms with Crippen LogP contribution in [0.5, 0.6) is 0 Å². The molecule has 0 amide bonds. The van der Waals surface area contributed by atoms with Gasteiger partial charge in [-0.25, -0.2) is 0 Å². The normalized spacial score (nSPS) is 20.6. The summed E-state index contributed by atoms with van der Waals surface area (Å²) in [5, 5.41) is 22.7. The van der Waals surface area contributed by atoms with Gasteiger partial charge in [0.2, 0.25) is 0 Å². The molecule has 0 aliphatic carbocycles. The van der Waals surface area contributed by atoms with Gasteiger partial charge >= 0.3 is 0 Å². The minimum atomic E-state index is -0.0194. The van der Waals surface area contributed by atoms with E-state index in [-0.39, 0.29) is 24.5 Å².